The van der Waals surface area contributed by atoms with Crippen LogP contribution in [-0.4, -0.2) is 6.79 Å². The molecule has 0 amide bonds. The lowest BCUT2D eigenvalue weighted by Gasteiger charge is -2.00. The summed E-state index contributed by atoms with van der Waals surface area (Å²) in [6.07, 6.45) is 1.25. The van der Waals surface area contributed by atoms with Crippen LogP contribution in [0.5, 0.6) is 0 Å². The molecule has 1 heteroatoms. The van der Waals surface area contributed by atoms with Crippen LogP contribution < -0.4 is 0 Å². The molecule has 0 saturated carbocycles. The van der Waals surface area contributed by atoms with Crippen molar-refractivity contribution in [3.63, 3.8) is 0 Å². The largest absolute Gasteiger partial charge is 0.307 e. The predicted molar refractivity (Wildman–Crippen MR) is 79.7 cm³/mol. The Morgan fingerprint density at radius 1 is 0.778 bits per heavy atom. The molecule has 18 heavy (non-hydrogen) atoms. The molecule has 0 bridgehead atoms. The van der Waals surface area contributed by atoms with Crippen LogP contribution in [0.15, 0.2) is 54.6 Å². The van der Waals surface area contributed by atoms with E-state index in [0.717, 1.165) is 0 Å². The molecule has 2 aromatic carbocycles. The molecule has 0 heterocycles. The molecule has 0 fully saturated rings. The first-order valence-electron chi connectivity index (χ1n) is 6.18. The molecule has 0 unspecified atom stereocenters. The highest BCUT2D eigenvalue weighted by atomic mass is 16.1. The van der Waals surface area contributed by atoms with Crippen LogP contribution in [0, 0.1) is 6.92 Å². The Labute approximate surface area is 110 Å². The topological polar surface area (TPSA) is 17.1 Å². The van der Waals surface area contributed by atoms with Gasteiger partial charge in [-0.1, -0.05) is 80.4 Å². The molecule has 96 valence electrons. The summed E-state index contributed by atoms with van der Waals surface area (Å²) >= 11 is 0. The van der Waals surface area contributed by atoms with E-state index in [1.54, 1.807) is 0 Å². The van der Waals surface area contributed by atoms with Crippen molar-refractivity contribution in [2.45, 2.75) is 27.2 Å². The molecule has 2 aromatic rings. The van der Waals surface area contributed by atoms with Gasteiger partial charge >= 0.3 is 0 Å². The van der Waals surface area contributed by atoms with E-state index < -0.39 is 0 Å². The van der Waals surface area contributed by atoms with Crippen molar-refractivity contribution in [3.8, 4) is 11.1 Å². The van der Waals surface area contributed by atoms with Gasteiger partial charge < -0.3 is 4.79 Å². The fraction of sp³-hybridized carbons (Fsp3) is 0.235. The standard InChI is InChI=1S/C13H12.C3H8.CH2O/c1-11-7-9-13(10-8-11)12-5-3-2-4-6-12;1-3-2;1-2/h2-10H,1H3;3H2,1-2H3;1H2. The van der Waals surface area contributed by atoms with Crippen molar-refractivity contribution in [3.05, 3.63) is 60.2 Å². The lowest BCUT2D eigenvalue weighted by atomic mass is 10.0. The second-order valence-corrected chi connectivity index (χ2v) is 3.94. The van der Waals surface area contributed by atoms with Crippen LogP contribution in [0.2, 0.25) is 0 Å². The minimum Gasteiger partial charge on any atom is -0.307 e. The molecule has 0 N–H and O–H groups in total. The Kier molecular flexibility index (Phi) is 9.20. The SMILES string of the molecule is C=O.CCC.Cc1ccc(-c2ccccc2)cc1. The number of carbonyl (C=O) groups excluding carboxylic acids is 1. The van der Waals surface area contributed by atoms with Crippen molar-refractivity contribution < 1.29 is 4.79 Å². The number of carbonyl (C=O) groups is 1. The smallest absolute Gasteiger partial charge is 0.106 e. The normalized spacial score (nSPS) is 8.39. The van der Waals surface area contributed by atoms with E-state index in [0.29, 0.717) is 0 Å². The summed E-state index contributed by atoms with van der Waals surface area (Å²) in [6.45, 7) is 8.36. The summed E-state index contributed by atoms with van der Waals surface area (Å²) < 4.78 is 0. The summed E-state index contributed by atoms with van der Waals surface area (Å²) in [4.78, 5) is 8.00. The van der Waals surface area contributed by atoms with Crippen molar-refractivity contribution in [1.29, 1.82) is 0 Å². The Hall–Kier alpha value is -1.89. The van der Waals surface area contributed by atoms with Crippen LogP contribution in [0.4, 0.5) is 0 Å². The summed E-state index contributed by atoms with van der Waals surface area (Å²) in [6, 6.07) is 19.0. The van der Waals surface area contributed by atoms with Gasteiger partial charge in [-0.2, -0.15) is 0 Å². The molecule has 0 atom stereocenters. The minimum atomic E-state index is 1.25. The monoisotopic (exact) mass is 242 g/mol. The maximum atomic E-state index is 8.00. The number of hydrogen-bond donors (Lipinski definition) is 0. The molecule has 1 nitrogen and oxygen atoms in total. The highest BCUT2D eigenvalue weighted by Crippen LogP contribution is 2.18. The molecule has 0 aliphatic carbocycles. The van der Waals surface area contributed by atoms with Crippen LogP contribution >= 0.6 is 0 Å². The van der Waals surface area contributed by atoms with Gasteiger partial charge in [0.05, 0.1) is 0 Å². The minimum absolute atomic E-state index is 1.25. The lowest BCUT2D eigenvalue weighted by Crippen LogP contribution is -1.76. The molecule has 0 aliphatic rings. The van der Waals surface area contributed by atoms with Gasteiger partial charge in [-0.25, -0.2) is 0 Å². The highest BCUT2D eigenvalue weighted by molar-refractivity contribution is 5.63. The summed E-state index contributed by atoms with van der Waals surface area (Å²) in [7, 11) is 0. The zero-order valence-corrected chi connectivity index (χ0v) is 11.5. The molecular weight excluding hydrogens is 220 g/mol. The third-order valence-electron chi connectivity index (χ3n) is 2.16. The van der Waals surface area contributed by atoms with Crippen LogP contribution in [0.1, 0.15) is 25.8 Å². The first-order chi connectivity index (χ1) is 8.77. The maximum Gasteiger partial charge on any atom is 0.106 e. The highest BCUT2D eigenvalue weighted by Gasteiger charge is 1.93. The molecule has 0 aromatic heterocycles. The molecule has 2 rings (SSSR count). The average molecular weight is 242 g/mol. The fourth-order valence-corrected chi connectivity index (χ4v) is 1.38. The summed E-state index contributed by atoms with van der Waals surface area (Å²) in [5.41, 5.74) is 3.87. The molecule has 0 spiro atoms. The zero-order valence-electron chi connectivity index (χ0n) is 11.5. The second kappa shape index (κ2) is 10.3. The first-order valence-corrected chi connectivity index (χ1v) is 6.18. The van der Waals surface area contributed by atoms with Crippen molar-refractivity contribution in [2.75, 3.05) is 0 Å². The van der Waals surface area contributed by atoms with Crippen molar-refractivity contribution >= 4 is 6.79 Å². The van der Waals surface area contributed by atoms with E-state index in [4.69, 9.17) is 4.79 Å². The van der Waals surface area contributed by atoms with Gasteiger partial charge in [0.2, 0.25) is 0 Å². The number of hydrogen-bond acceptors (Lipinski definition) is 1. The Morgan fingerprint density at radius 3 is 1.61 bits per heavy atom. The van der Waals surface area contributed by atoms with E-state index >= 15 is 0 Å². The van der Waals surface area contributed by atoms with Gasteiger partial charge in [0.15, 0.2) is 0 Å². The van der Waals surface area contributed by atoms with Crippen LogP contribution in [-0.2, 0) is 4.79 Å². The predicted octanol–water partition coefficient (Wildman–Crippen LogP) is 4.89. The molecule has 0 aliphatic heterocycles. The van der Waals surface area contributed by atoms with Gasteiger partial charge in [0.1, 0.15) is 6.79 Å². The molecule has 0 saturated heterocycles. The van der Waals surface area contributed by atoms with Gasteiger partial charge in [-0.3, -0.25) is 0 Å². The van der Waals surface area contributed by atoms with Crippen molar-refractivity contribution in [1.82, 2.24) is 0 Å². The average Bonchev–Trinajstić information content (AvgIpc) is 2.44. The maximum absolute atomic E-state index is 8.00. The Balaban J connectivity index is 0.000000509. The number of aryl methyl sites for hydroxylation is 1. The van der Waals surface area contributed by atoms with E-state index in [9.17, 15) is 0 Å². The van der Waals surface area contributed by atoms with E-state index in [2.05, 4.69) is 69.3 Å². The van der Waals surface area contributed by atoms with Crippen molar-refractivity contribution in [2.24, 2.45) is 0 Å². The van der Waals surface area contributed by atoms with Gasteiger partial charge in [0.25, 0.3) is 0 Å². The summed E-state index contributed by atoms with van der Waals surface area (Å²) in [5, 5.41) is 0. The number of benzene rings is 2. The number of rotatable bonds is 1. The molecular formula is C17H22O. The van der Waals surface area contributed by atoms with E-state index in [1.807, 2.05) is 12.9 Å². The van der Waals surface area contributed by atoms with Gasteiger partial charge in [-0.05, 0) is 18.1 Å². The summed E-state index contributed by atoms with van der Waals surface area (Å²) in [5.74, 6) is 0. The van der Waals surface area contributed by atoms with E-state index in [1.165, 1.54) is 23.1 Å². The van der Waals surface area contributed by atoms with E-state index in [-0.39, 0.29) is 0 Å². The van der Waals surface area contributed by atoms with Gasteiger partial charge in [-0.15, -0.1) is 0 Å². The first kappa shape index (κ1) is 16.1. The lowest BCUT2D eigenvalue weighted by molar-refractivity contribution is -0.0979. The Morgan fingerprint density at radius 2 is 1.17 bits per heavy atom. The quantitative estimate of drug-likeness (QED) is 0.695. The third-order valence-corrected chi connectivity index (χ3v) is 2.16. The fourth-order valence-electron chi connectivity index (χ4n) is 1.38. The zero-order chi connectivity index (χ0) is 13.8. The second-order valence-electron chi connectivity index (χ2n) is 3.94. The van der Waals surface area contributed by atoms with Crippen LogP contribution in [0.3, 0.4) is 0 Å². The third kappa shape index (κ3) is 6.00. The molecule has 0 radical (unpaired) electrons. The van der Waals surface area contributed by atoms with Gasteiger partial charge in [0, 0.05) is 0 Å². The Bertz CT molecular complexity index is 403. The van der Waals surface area contributed by atoms with Crippen LogP contribution in [0.25, 0.3) is 11.1 Å².